The first kappa shape index (κ1) is 17.2. The van der Waals surface area contributed by atoms with E-state index in [2.05, 4.69) is 42.0 Å². The highest BCUT2D eigenvalue weighted by atomic mass is 35.5. The van der Waals surface area contributed by atoms with Gasteiger partial charge >= 0.3 is 0 Å². The predicted octanol–water partition coefficient (Wildman–Crippen LogP) is 3.10. The van der Waals surface area contributed by atoms with Crippen LogP contribution in [0, 0.1) is 0 Å². The molecule has 0 unspecified atom stereocenters. The van der Waals surface area contributed by atoms with Crippen LogP contribution in [0.1, 0.15) is 33.3 Å². The molecule has 0 fully saturated rings. The largest absolute Gasteiger partial charge is 0.380 e. The van der Waals surface area contributed by atoms with E-state index >= 15 is 0 Å². The van der Waals surface area contributed by atoms with Gasteiger partial charge in [-0.25, -0.2) is 4.98 Å². The Hall–Kier alpha value is -0.840. The fourth-order valence-electron chi connectivity index (χ4n) is 1.84. The number of aromatic nitrogens is 1. The maximum Gasteiger partial charge on any atom is 0.128 e. The number of halogens is 1. The van der Waals surface area contributed by atoms with Crippen molar-refractivity contribution in [2.24, 2.45) is 0 Å². The quantitative estimate of drug-likeness (QED) is 0.711. The first-order chi connectivity index (χ1) is 9.58. The highest BCUT2D eigenvalue weighted by molar-refractivity contribution is 6.31. The van der Waals surface area contributed by atoms with Gasteiger partial charge in [-0.05, 0) is 25.5 Å². The van der Waals surface area contributed by atoms with E-state index < -0.39 is 0 Å². The lowest BCUT2D eigenvalue weighted by Crippen LogP contribution is -2.28. The summed E-state index contributed by atoms with van der Waals surface area (Å²) < 4.78 is 5.41. The lowest BCUT2D eigenvalue weighted by atomic mass is 10.2. The van der Waals surface area contributed by atoms with Crippen molar-refractivity contribution in [2.45, 2.75) is 40.3 Å². The first-order valence-corrected chi connectivity index (χ1v) is 7.66. The molecular formula is C15H26ClN3O. The van der Waals surface area contributed by atoms with Gasteiger partial charge in [0.2, 0.25) is 0 Å². The van der Waals surface area contributed by atoms with Crippen molar-refractivity contribution in [3.8, 4) is 0 Å². The molecule has 0 aromatic carbocycles. The zero-order chi connectivity index (χ0) is 15.0. The van der Waals surface area contributed by atoms with E-state index in [1.54, 1.807) is 6.20 Å². The summed E-state index contributed by atoms with van der Waals surface area (Å²) in [6.07, 6.45) is 1.73. The maximum absolute atomic E-state index is 6.21. The zero-order valence-electron chi connectivity index (χ0n) is 12.9. The van der Waals surface area contributed by atoms with E-state index in [0.717, 1.165) is 37.6 Å². The van der Waals surface area contributed by atoms with E-state index in [1.165, 1.54) is 0 Å². The number of ether oxygens (including phenoxy) is 1. The van der Waals surface area contributed by atoms with Crippen LogP contribution in [-0.4, -0.2) is 37.3 Å². The van der Waals surface area contributed by atoms with Gasteiger partial charge in [-0.3, -0.25) is 0 Å². The Morgan fingerprint density at radius 3 is 2.75 bits per heavy atom. The molecule has 0 saturated heterocycles. The summed E-state index contributed by atoms with van der Waals surface area (Å²) >= 11 is 6.21. The molecule has 114 valence electrons. The molecule has 5 heteroatoms. The zero-order valence-corrected chi connectivity index (χ0v) is 13.7. The van der Waals surface area contributed by atoms with Gasteiger partial charge in [0.25, 0.3) is 0 Å². The van der Waals surface area contributed by atoms with Crippen molar-refractivity contribution in [3.05, 3.63) is 22.8 Å². The fourth-order valence-corrected chi connectivity index (χ4v) is 2.01. The molecule has 1 aromatic rings. The Kier molecular flexibility index (Phi) is 7.88. The van der Waals surface area contributed by atoms with E-state index in [-0.39, 0.29) is 0 Å². The second kappa shape index (κ2) is 9.16. The van der Waals surface area contributed by atoms with Crippen LogP contribution >= 0.6 is 11.6 Å². The van der Waals surface area contributed by atoms with Crippen LogP contribution in [0.3, 0.4) is 0 Å². The molecular weight excluding hydrogens is 274 g/mol. The molecule has 1 aromatic heterocycles. The van der Waals surface area contributed by atoms with Gasteiger partial charge < -0.3 is 15.0 Å². The molecule has 0 amide bonds. The number of rotatable bonds is 9. The van der Waals surface area contributed by atoms with Crippen LogP contribution in [0.4, 0.5) is 5.82 Å². The van der Waals surface area contributed by atoms with Gasteiger partial charge in [0, 0.05) is 38.5 Å². The van der Waals surface area contributed by atoms with Gasteiger partial charge in [0.05, 0.1) is 11.6 Å². The summed E-state index contributed by atoms with van der Waals surface area (Å²) in [5, 5.41) is 4.09. The number of anilines is 1. The Balaban J connectivity index is 2.75. The summed E-state index contributed by atoms with van der Waals surface area (Å²) in [6, 6.07) is 2.50. The molecule has 0 aliphatic heterocycles. The third-order valence-corrected chi connectivity index (χ3v) is 3.38. The number of nitrogens with zero attached hydrogens (tertiary/aromatic N) is 2. The van der Waals surface area contributed by atoms with Crippen LogP contribution in [0.25, 0.3) is 0 Å². The van der Waals surface area contributed by atoms with Crippen LogP contribution < -0.4 is 10.2 Å². The molecule has 1 heterocycles. The molecule has 0 spiro atoms. The summed E-state index contributed by atoms with van der Waals surface area (Å²) in [6.45, 7) is 12.3. The minimum absolute atomic E-state index is 0.433. The number of likely N-dealkylation sites (N-methyl/N-ethyl adjacent to an activating group) is 1. The maximum atomic E-state index is 6.21. The molecule has 20 heavy (non-hydrogen) atoms. The molecule has 0 bridgehead atoms. The standard InChI is InChI=1S/C15H26ClN3O/c1-5-19(7-8-20-6-2)15-9-13(10-17-12(3)4)14(16)11-18-15/h9,11-12,17H,5-8,10H2,1-4H3. The third kappa shape index (κ3) is 5.65. The average Bonchev–Trinajstić information content (AvgIpc) is 2.43. The molecule has 0 radical (unpaired) electrons. The van der Waals surface area contributed by atoms with Crippen LogP contribution in [-0.2, 0) is 11.3 Å². The molecule has 0 aliphatic carbocycles. The highest BCUT2D eigenvalue weighted by Crippen LogP contribution is 2.20. The highest BCUT2D eigenvalue weighted by Gasteiger charge is 2.09. The van der Waals surface area contributed by atoms with E-state index in [4.69, 9.17) is 16.3 Å². The minimum Gasteiger partial charge on any atom is -0.380 e. The van der Waals surface area contributed by atoms with Gasteiger partial charge in [-0.2, -0.15) is 0 Å². The lowest BCUT2D eigenvalue weighted by Gasteiger charge is -2.22. The Morgan fingerprint density at radius 1 is 1.40 bits per heavy atom. The number of hydrogen-bond acceptors (Lipinski definition) is 4. The summed E-state index contributed by atoms with van der Waals surface area (Å²) in [7, 11) is 0. The fraction of sp³-hybridized carbons (Fsp3) is 0.667. The summed E-state index contributed by atoms with van der Waals surface area (Å²) in [5.41, 5.74) is 1.08. The predicted molar refractivity (Wildman–Crippen MR) is 85.6 cm³/mol. The number of pyridine rings is 1. The van der Waals surface area contributed by atoms with Crippen molar-refractivity contribution < 1.29 is 4.74 Å². The Labute approximate surface area is 127 Å². The normalized spacial score (nSPS) is 11.1. The van der Waals surface area contributed by atoms with Crippen molar-refractivity contribution in [1.29, 1.82) is 0 Å². The van der Waals surface area contributed by atoms with Crippen LogP contribution in [0.2, 0.25) is 5.02 Å². The molecule has 0 saturated carbocycles. The van der Waals surface area contributed by atoms with Crippen LogP contribution in [0.15, 0.2) is 12.3 Å². The van der Waals surface area contributed by atoms with Gasteiger partial charge in [-0.1, -0.05) is 25.4 Å². The average molecular weight is 300 g/mol. The van der Waals surface area contributed by atoms with E-state index in [0.29, 0.717) is 17.7 Å². The van der Waals surface area contributed by atoms with Crippen molar-refractivity contribution in [1.82, 2.24) is 10.3 Å². The SMILES string of the molecule is CCOCCN(CC)c1cc(CNC(C)C)c(Cl)cn1. The molecule has 1 N–H and O–H groups in total. The van der Waals surface area contributed by atoms with Crippen molar-refractivity contribution in [3.63, 3.8) is 0 Å². The Morgan fingerprint density at radius 2 is 2.15 bits per heavy atom. The molecule has 4 nitrogen and oxygen atoms in total. The molecule has 0 atom stereocenters. The van der Waals surface area contributed by atoms with E-state index in [9.17, 15) is 0 Å². The van der Waals surface area contributed by atoms with Gasteiger partial charge in [0.15, 0.2) is 0 Å². The smallest absolute Gasteiger partial charge is 0.128 e. The van der Waals surface area contributed by atoms with Gasteiger partial charge in [0.1, 0.15) is 5.82 Å². The summed E-state index contributed by atoms with van der Waals surface area (Å²) in [4.78, 5) is 6.63. The second-order valence-electron chi connectivity index (χ2n) is 4.95. The van der Waals surface area contributed by atoms with Gasteiger partial charge in [-0.15, -0.1) is 0 Å². The van der Waals surface area contributed by atoms with E-state index in [1.807, 2.05) is 6.92 Å². The minimum atomic E-state index is 0.433. The molecule has 0 aliphatic rings. The second-order valence-corrected chi connectivity index (χ2v) is 5.35. The first-order valence-electron chi connectivity index (χ1n) is 7.28. The Bertz CT molecular complexity index is 399. The third-order valence-electron chi connectivity index (χ3n) is 3.04. The lowest BCUT2D eigenvalue weighted by molar-refractivity contribution is 0.154. The monoisotopic (exact) mass is 299 g/mol. The number of hydrogen-bond donors (Lipinski definition) is 1. The van der Waals surface area contributed by atoms with Crippen molar-refractivity contribution in [2.75, 3.05) is 31.2 Å². The van der Waals surface area contributed by atoms with Crippen LogP contribution in [0.5, 0.6) is 0 Å². The summed E-state index contributed by atoms with van der Waals surface area (Å²) in [5.74, 6) is 0.956. The topological polar surface area (TPSA) is 37.4 Å². The molecule has 1 rings (SSSR count). The number of nitrogens with one attached hydrogen (secondary N) is 1. The van der Waals surface area contributed by atoms with Crippen molar-refractivity contribution >= 4 is 17.4 Å².